The molecule has 2 atom stereocenters. The van der Waals surface area contributed by atoms with Gasteiger partial charge in [-0.2, -0.15) is 0 Å². The number of nitrogens with one attached hydrogen (secondary N) is 1. The molecule has 172 valence electrons. The Hall–Kier alpha value is 0.117. The Labute approximate surface area is 185 Å². The van der Waals surface area contributed by atoms with E-state index in [2.05, 4.69) is 19.3 Å². The molecule has 0 aliphatic carbocycles. The third-order valence-electron chi connectivity index (χ3n) is 6.03. The van der Waals surface area contributed by atoms with Crippen molar-refractivity contribution in [3.8, 4) is 0 Å². The maximum Gasteiger partial charge on any atom is 0.357 e. The molecule has 1 fully saturated rings. The van der Waals surface area contributed by atoms with Crippen molar-refractivity contribution in [2.45, 2.75) is 116 Å². The molecule has 1 N–H and O–H groups in total. The monoisotopic (exact) mass is 445 g/mol. The molecule has 0 saturated carbocycles. The molecule has 1 aliphatic rings. The van der Waals surface area contributed by atoms with Crippen LogP contribution in [0.15, 0.2) is 0 Å². The minimum atomic E-state index is -2.14. The van der Waals surface area contributed by atoms with Gasteiger partial charge in [0, 0.05) is 25.8 Å². The molecular formula is C23H47NO3SSi. The van der Waals surface area contributed by atoms with E-state index < -0.39 is 8.56 Å². The first-order chi connectivity index (χ1) is 14.1. The van der Waals surface area contributed by atoms with Crippen LogP contribution < -0.4 is 5.48 Å². The Morgan fingerprint density at radius 2 is 1.66 bits per heavy atom. The largest absolute Gasteiger partial charge is 0.393 e. The zero-order valence-electron chi connectivity index (χ0n) is 19.4. The summed E-state index contributed by atoms with van der Waals surface area (Å²) in [6, 6.07) is 1.94. The van der Waals surface area contributed by atoms with Crippen molar-refractivity contribution < 1.29 is 13.7 Å². The van der Waals surface area contributed by atoms with E-state index >= 15 is 0 Å². The minimum absolute atomic E-state index is 0.199. The molecule has 1 aliphatic heterocycles. The van der Waals surface area contributed by atoms with E-state index in [1.165, 1.54) is 82.4 Å². The van der Waals surface area contributed by atoms with Crippen molar-refractivity contribution in [3.63, 3.8) is 0 Å². The number of hydrogen-bond donors (Lipinski definition) is 1. The van der Waals surface area contributed by atoms with Gasteiger partial charge in [0.2, 0.25) is 0 Å². The lowest BCUT2D eigenvalue weighted by molar-refractivity contribution is -0.109. The average molecular weight is 446 g/mol. The lowest BCUT2D eigenvalue weighted by Crippen LogP contribution is -2.49. The van der Waals surface area contributed by atoms with Crippen LogP contribution in [0.4, 0.5) is 0 Å². The van der Waals surface area contributed by atoms with E-state index in [-0.39, 0.29) is 5.12 Å². The minimum Gasteiger partial charge on any atom is -0.393 e. The predicted octanol–water partition coefficient (Wildman–Crippen LogP) is 6.99. The number of hydrogen-bond acceptors (Lipinski definition) is 5. The Kier molecular flexibility index (Phi) is 16.6. The topological polar surface area (TPSA) is 47.6 Å². The van der Waals surface area contributed by atoms with Gasteiger partial charge in [-0.05, 0) is 37.3 Å². The van der Waals surface area contributed by atoms with Crippen LogP contribution in [0.1, 0.15) is 104 Å². The molecule has 1 saturated heterocycles. The van der Waals surface area contributed by atoms with E-state index in [1.807, 2.05) is 0 Å². The van der Waals surface area contributed by atoms with Gasteiger partial charge in [-0.1, -0.05) is 89.8 Å². The SMILES string of the molecule is CCCCCCCCCCCCC1CCO[Si](CC)(CCCSC(C)=O)ONC1. The van der Waals surface area contributed by atoms with Crippen molar-refractivity contribution in [1.29, 1.82) is 0 Å². The second-order valence-electron chi connectivity index (χ2n) is 8.63. The second kappa shape index (κ2) is 17.8. The van der Waals surface area contributed by atoms with Crippen LogP contribution in [0.2, 0.25) is 12.1 Å². The van der Waals surface area contributed by atoms with Gasteiger partial charge in [0.15, 0.2) is 5.12 Å². The van der Waals surface area contributed by atoms with Gasteiger partial charge in [-0.3, -0.25) is 4.79 Å². The first kappa shape index (κ1) is 27.2. The van der Waals surface area contributed by atoms with Gasteiger partial charge in [0.25, 0.3) is 0 Å². The number of rotatable bonds is 16. The standard InChI is InChI=1S/C23H47NO3SSi/c1-4-6-7-8-9-10-11-12-13-14-16-23-17-18-26-29(5-2,27-24-21-23)20-15-19-28-22(3)25/h23-24H,4-21H2,1-3H3. The van der Waals surface area contributed by atoms with Crippen LogP contribution in [0, 0.1) is 5.92 Å². The summed E-state index contributed by atoms with van der Waals surface area (Å²) in [5.74, 6) is 1.54. The van der Waals surface area contributed by atoms with Crippen LogP contribution in [0.3, 0.4) is 0 Å². The summed E-state index contributed by atoms with van der Waals surface area (Å²) in [6.45, 7) is 7.89. The summed E-state index contributed by atoms with van der Waals surface area (Å²) in [6.07, 6.45) is 17.4. The average Bonchev–Trinajstić information content (AvgIpc) is 2.69. The highest BCUT2D eigenvalue weighted by Crippen LogP contribution is 2.25. The fourth-order valence-electron chi connectivity index (χ4n) is 4.03. The van der Waals surface area contributed by atoms with Crippen LogP contribution in [-0.2, 0) is 13.7 Å². The maximum absolute atomic E-state index is 11.1. The van der Waals surface area contributed by atoms with Gasteiger partial charge in [-0.15, -0.1) is 0 Å². The highest BCUT2D eigenvalue weighted by Gasteiger charge is 2.37. The van der Waals surface area contributed by atoms with Crippen LogP contribution in [0.5, 0.6) is 0 Å². The summed E-state index contributed by atoms with van der Waals surface area (Å²) in [4.78, 5) is 11.1. The fraction of sp³-hybridized carbons (Fsp3) is 0.957. The molecule has 0 amide bonds. The zero-order chi connectivity index (χ0) is 21.2. The van der Waals surface area contributed by atoms with Crippen molar-refractivity contribution in [2.24, 2.45) is 5.92 Å². The zero-order valence-corrected chi connectivity index (χ0v) is 21.3. The molecule has 0 radical (unpaired) electrons. The molecular weight excluding hydrogens is 398 g/mol. The quantitative estimate of drug-likeness (QED) is 0.205. The summed E-state index contributed by atoms with van der Waals surface area (Å²) < 4.78 is 12.4. The van der Waals surface area contributed by atoms with E-state index in [0.717, 1.165) is 43.8 Å². The normalized spacial score (nSPS) is 22.9. The molecule has 1 heterocycles. The highest BCUT2D eigenvalue weighted by molar-refractivity contribution is 8.13. The highest BCUT2D eigenvalue weighted by atomic mass is 32.2. The molecule has 0 aromatic carbocycles. The molecule has 0 aromatic rings. The van der Waals surface area contributed by atoms with Gasteiger partial charge >= 0.3 is 8.56 Å². The summed E-state index contributed by atoms with van der Waals surface area (Å²) in [7, 11) is -2.14. The third-order valence-corrected chi connectivity index (χ3v) is 10.4. The Morgan fingerprint density at radius 1 is 1.00 bits per heavy atom. The van der Waals surface area contributed by atoms with Crippen molar-refractivity contribution in [3.05, 3.63) is 0 Å². The number of hydroxylamine groups is 1. The van der Waals surface area contributed by atoms with E-state index in [9.17, 15) is 4.79 Å². The summed E-state index contributed by atoms with van der Waals surface area (Å²) in [5, 5.41) is 0.199. The van der Waals surface area contributed by atoms with Crippen LogP contribution in [0.25, 0.3) is 0 Å². The van der Waals surface area contributed by atoms with Crippen molar-refractivity contribution in [1.82, 2.24) is 5.48 Å². The van der Waals surface area contributed by atoms with Gasteiger partial charge in [0.05, 0.1) is 0 Å². The number of carbonyl (C=O) groups excluding carboxylic acids is 1. The molecule has 4 nitrogen and oxygen atoms in total. The Balaban J connectivity index is 2.09. The number of carbonyl (C=O) groups is 1. The lowest BCUT2D eigenvalue weighted by atomic mass is 9.97. The Morgan fingerprint density at radius 3 is 2.28 bits per heavy atom. The van der Waals surface area contributed by atoms with Crippen LogP contribution >= 0.6 is 11.8 Å². The van der Waals surface area contributed by atoms with E-state index in [1.54, 1.807) is 6.92 Å². The molecule has 2 unspecified atom stereocenters. The number of thioether (sulfide) groups is 1. The van der Waals surface area contributed by atoms with Gasteiger partial charge < -0.3 is 8.95 Å². The molecule has 6 heteroatoms. The van der Waals surface area contributed by atoms with E-state index in [0.29, 0.717) is 5.92 Å². The van der Waals surface area contributed by atoms with E-state index in [4.69, 9.17) is 8.95 Å². The van der Waals surface area contributed by atoms with Gasteiger partial charge in [0.1, 0.15) is 0 Å². The first-order valence-corrected chi connectivity index (χ1v) is 15.5. The summed E-state index contributed by atoms with van der Waals surface area (Å²) in [5.41, 5.74) is 3.28. The predicted molar refractivity (Wildman–Crippen MR) is 128 cm³/mol. The Bertz CT molecular complexity index is 402. The number of unbranched alkanes of at least 4 members (excludes halogenated alkanes) is 9. The lowest BCUT2D eigenvalue weighted by Gasteiger charge is -2.33. The van der Waals surface area contributed by atoms with Crippen LogP contribution in [-0.4, -0.2) is 32.6 Å². The molecule has 29 heavy (non-hydrogen) atoms. The van der Waals surface area contributed by atoms with Crippen molar-refractivity contribution in [2.75, 3.05) is 18.9 Å². The maximum atomic E-state index is 11.1. The molecule has 0 aromatic heterocycles. The molecule has 0 bridgehead atoms. The van der Waals surface area contributed by atoms with Gasteiger partial charge in [-0.25, -0.2) is 5.48 Å². The first-order valence-electron chi connectivity index (χ1n) is 12.3. The smallest absolute Gasteiger partial charge is 0.357 e. The second-order valence-corrected chi connectivity index (χ2v) is 13.4. The molecule has 0 spiro atoms. The fourth-order valence-corrected chi connectivity index (χ4v) is 7.42. The van der Waals surface area contributed by atoms with Crippen molar-refractivity contribution >= 4 is 25.4 Å². The summed E-state index contributed by atoms with van der Waals surface area (Å²) >= 11 is 1.41. The third kappa shape index (κ3) is 13.9. The molecule has 1 rings (SSSR count).